The maximum Gasteiger partial charge on any atom is 0.243 e. The van der Waals surface area contributed by atoms with Crippen LogP contribution in [0.4, 0.5) is 5.69 Å². The van der Waals surface area contributed by atoms with E-state index in [0.717, 1.165) is 22.3 Å². The summed E-state index contributed by atoms with van der Waals surface area (Å²) < 4.78 is 26.7. The van der Waals surface area contributed by atoms with Crippen molar-refractivity contribution in [2.75, 3.05) is 23.7 Å². The van der Waals surface area contributed by atoms with E-state index >= 15 is 0 Å². The summed E-state index contributed by atoms with van der Waals surface area (Å²) >= 11 is 6.08. The van der Waals surface area contributed by atoms with Crippen molar-refractivity contribution in [3.05, 3.63) is 100 Å². The van der Waals surface area contributed by atoms with E-state index in [1.165, 1.54) is 10.6 Å². The summed E-state index contributed by atoms with van der Waals surface area (Å²) in [6.07, 6.45) is 1.90. The van der Waals surface area contributed by atoms with E-state index in [1.54, 1.807) is 17.0 Å². The van der Waals surface area contributed by atoms with Gasteiger partial charge in [0.1, 0.15) is 6.04 Å². The molecular weight excluding hydrogens is 546 g/mol. The number of anilines is 1. The third-order valence-electron chi connectivity index (χ3n) is 6.53. The lowest BCUT2D eigenvalue weighted by atomic mass is 10.0. The molecule has 0 fully saturated rings. The molecule has 3 aromatic carbocycles. The number of benzene rings is 3. The molecule has 1 N–H and O–H groups in total. The molecule has 0 spiro atoms. The first-order valence-electron chi connectivity index (χ1n) is 13.4. The van der Waals surface area contributed by atoms with Crippen molar-refractivity contribution in [3.8, 4) is 0 Å². The zero-order chi connectivity index (χ0) is 29.3. The Bertz CT molecular complexity index is 1380. The lowest BCUT2D eigenvalue weighted by Gasteiger charge is -2.32. The third-order valence-corrected chi connectivity index (χ3v) is 7.98. The van der Waals surface area contributed by atoms with Crippen molar-refractivity contribution in [1.82, 2.24) is 10.2 Å². The molecule has 40 heavy (non-hydrogen) atoms. The minimum atomic E-state index is -3.57. The van der Waals surface area contributed by atoms with Gasteiger partial charge >= 0.3 is 0 Å². The summed E-state index contributed by atoms with van der Waals surface area (Å²) in [5.41, 5.74) is 4.27. The van der Waals surface area contributed by atoms with Crippen molar-refractivity contribution in [2.45, 2.75) is 52.6 Å². The monoisotopic (exact) mass is 583 g/mol. The Morgan fingerprint density at radius 2 is 1.55 bits per heavy atom. The van der Waals surface area contributed by atoms with Crippen LogP contribution in [0.15, 0.2) is 72.8 Å². The van der Waals surface area contributed by atoms with E-state index in [4.69, 9.17) is 11.6 Å². The third kappa shape index (κ3) is 9.10. The highest BCUT2D eigenvalue weighted by atomic mass is 35.5. The van der Waals surface area contributed by atoms with Crippen LogP contribution in [0.5, 0.6) is 0 Å². The first-order chi connectivity index (χ1) is 19.0. The zero-order valence-electron chi connectivity index (χ0n) is 23.6. The number of rotatable bonds is 13. The van der Waals surface area contributed by atoms with Crippen LogP contribution in [0.3, 0.4) is 0 Å². The second-order valence-electron chi connectivity index (χ2n) is 10.0. The molecule has 0 aliphatic heterocycles. The molecule has 2 amide bonds. The first-order valence-corrected chi connectivity index (χ1v) is 15.6. The molecule has 0 bridgehead atoms. The summed E-state index contributed by atoms with van der Waals surface area (Å²) in [4.78, 5) is 28.7. The summed E-state index contributed by atoms with van der Waals surface area (Å²) in [5, 5.41) is 3.46. The van der Waals surface area contributed by atoms with Gasteiger partial charge in [-0.25, -0.2) is 8.42 Å². The molecule has 0 aliphatic rings. The SMILES string of the molecule is CCNC(=O)[C@H](Cc1ccccc1)N(Cc1ccc(Cl)cc1)C(=O)CCCN(c1cc(C)cc(C)c1)S(C)(=O)=O. The van der Waals surface area contributed by atoms with E-state index in [-0.39, 0.29) is 31.3 Å². The molecule has 3 aromatic rings. The van der Waals surface area contributed by atoms with Crippen LogP contribution in [0.25, 0.3) is 0 Å². The van der Waals surface area contributed by atoms with Gasteiger partial charge in [0.25, 0.3) is 0 Å². The minimum absolute atomic E-state index is 0.0785. The smallest absolute Gasteiger partial charge is 0.243 e. The number of carbonyl (C=O) groups excluding carboxylic acids is 2. The number of amides is 2. The van der Waals surface area contributed by atoms with Crippen LogP contribution in [0.1, 0.15) is 42.0 Å². The number of likely N-dealkylation sites (N-methyl/N-ethyl adjacent to an activating group) is 1. The Morgan fingerprint density at radius 3 is 2.12 bits per heavy atom. The molecule has 0 saturated heterocycles. The average Bonchev–Trinajstić information content (AvgIpc) is 2.89. The van der Waals surface area contributed by atoms with E-state index < -0.39 is 16.1 Å². The fourth-order valence-electron chi connectivity index (χ4n) is 4.73. The second-order valence-corrected chi connectivity index (χ2v) is 12.4. The highest BCUT2D eigenvalue weighted by Crippen LogP contribution is 2.23. The lowest BCUT2D eigenvalue weighted by Crippen LogP contribution is -2.50. The number of aryl methyl sites for hydroxylation is 2. The predicted molar refractivity (Wildman–Crippen MR) is 162 cm³/mol. The number of nitrogens with zero attached hydrogens (tertiary/aromatic N) is 2. The van der Waals surface area contributed by atoms with E-state index in [2.05, 4.69) is 5.32 Å². The lowest BCUT2D eigenvalue weighted by molar-refractivity contribution is -0.141. The number of carbonyl (C=O) groups is 2. The van der Waals surface area contributed by atoms with Crippen LogP contribution >= 0.6 is 11.6 Å². The van der Waals surface area contributed by atoms with Gasteiger partial charge in [0, 0.05) is 37.5 Å². The summed E-state index contributed by atoms with van der Waals surface area (Å²) in [5.74, 6) is -0.460. The van der Waals surface area contributed by atoms with Gasteiger partial charge in [-0.2, -0.15) is 0 Å². The first kappa shape index (κ1) is 31.2. The Morgan fingerprint density at radius 1 is 0.925 bits per heavy atom. The number of hydrogen-bond acceptors (Lipinski definition) is 4. The normalized spacial score (nSPS) is 12.0. The van der Waals surface area contributed by atoms with Crippen LogP contribution in [-0.2, 0) is 32.6 Å². The van der Waals surface area contributed by atoms with E-state index in [9.17, 15) is 18.0 Å². The largest absolute Gasteiger partial charge is 0.355 e. The van der Waals surface area contributed by atoms with Crippen molar-refractivity contribution in [1.29, 1.82) is 0 Å². The molecule has 214 valence electrons. The standard InChI is InChI=1S/C31H38ClN3O4S/c1-5-33-31(37)29(21-25-10-7-6-8-11-25)34(22-26-13-15-27(32)16-14-26)30(36)12-9-17-35(40(4,38)39)28-19-23(2)18-24(3)20-28/h6-8,10-11,13-16,18-20,29H,5,9,12,17,21-22H2,1-4H3,(H,33,37)/t29-/m0/s1. The Hall–Kier alpha value is -3.36. The van der Waals surface area contributed by atoms with Crippen LogP contribution in [0.2, 0.25) is 5.02 Å². The van der Waals surface area contributed by atoms with Gasteiger partial charge < -0.3 is 10.2 Å². The summed E-state index contributed by atoms with van der Waals surface area (Å²) in [6.45, 7) is 6.49. The second kappa shape index (κ2) is 14.3. The number of sulfonamides is 1. The van der Waals surface area contributed by atoms with Gasteiger partial charge in [0.2, 0.25) is 21.8 Å². The highest BCUT2D eigenvalue weighted by Gasteiger charge is 2.30. The predicted octanol–water partition coefficient (Wildman–Crippen LogP) is 5.28. The number of hydrogen-bond donors (Lipinski definition) is 1. The van der Waals surface area contributed by atoms with Gasteiger partial charge in [-0.05, 0) is 73.7 Å². The van der Waals surface area contributed by atoms with Crippen molar-refractivity contribution >= 4 is 39.1 Å². The minimum Gasteiger partial charge on any atom is -0.355 e. The molecule has 0 saturated carbocycles. The quantitative estimate of drug-likeness (QED) is 0.297. The van der Waals surface area contributed by atoms with Gasteiger partial charge in [-0.3, -0.25) is 13.9 Å². The molecule has 9 heteroatoms. The van der Waals surface area contributed by atoms with Crippen molar-refractivity contribution in [2.24, 2.45) is 0 Å². The molecule has 7 nitrogen and oxygen atoms in total. The van der Waals surface area contributed by atoms with Gasteiger partial charge in [0.15, 0.2) is 0 Å². The van der Waals surface area contributed by atoms with Crippen molar-refractivity contribution < 1.29 is 18.0 Å². The molecular formula is C31H38ClN3O4S. The Kier molecular flexibility index (Phi) is 11.2. The zero-order valence-corrected chi connectivity index (χ0v) is 25.1. The summed E-state index contributed by atoms with van der Waals surface area (Å²) in [6, 6.07) is 21.7. The molecule has 3 rings (SSSR count). The maximum absolute atomic E-state index is 13.8. The average molecular weight is 584 g/mol. The maximum atomic E-state index is 13.8. The molecule has 0 aromatic heterocycles. The van der Waals surface area contributed by atoms with Crippen LogP contribution in [0, 0.1) is 13.8 Å². The highest BCUT2D eigenvalue weighted by molar-refractivity contribution is 7.92. The molecule has 1 atom stereocenters. The van der Waals surface area contributed by atoms with Crippen LogP contribution in [-0.4, -0.2) is 50.5 Å². The fraction of sp³-hybridized carbons (Fsp3) is 0.355. The van der Waals surface area contributed by atoms with Gasteiger partial charge in [0.05, 0.1) is 11.9 Å². The van der Waals surface area contributed by atoms with E-state index in [1.807, 2.05) is 81.4 Å². The molecule has 0 unspecified atom stereocenters. The topological polar surface area (TPSA) is 86.8 Å². The Labute approximate surface area is 243 Å². The fourth-order valence-corrected chi connectivity index (χ4v) is 5.81. The molecule has 0 aliphatic carbocycles. The number of halogens is 1. The Balaban J connectivity index is 1.87. The van der Waals surface area contributed by atoms with Crippen molar-refractivity contribution in [3.63, 3.8) is 0 Å². The summed E-state index contributed by atoms with van der Waals surface area (Å²) in [7, 11) is -3.57. The van der Waals surface area contributed by atoms with Gasteiger partial charge in [-0.15, -0.1) is 0 Å². The molecule has 0 radical (unpaired) electrons. The molecule has 0 heterocycles. The van der Waals surface area contributed by atoms with E-state index in [0.29, 0.717) is 30.1 Å². The number of nitrogens with one attached hydrogen (secondary N) is 1. The van der Waals surface area contributed by atoms with Crippen LogP contribution < -0.4 is 9.62 Å². The van der Waals surface area contributed by atoms with Gasteiger partial charge in [-0.1, -0.05) is 60.1 Å².